The molecule has 0 aliphatic heterocycles. The summed E-state index contributed by atoms with van der Waals surface area (Å²) < 4.78 is 6.65. The summed E-state index contributed by atoms with van der Waals surface area (Å²) in [4.78, 5) is 0. The van der Waals surface area contributed by atoms with E-state index in [1.54, 1.807) is 0 Å². The molecule has 2 aromatic rings. The second-order valence-electron chi connectivity index (χ2n) is 4.77. The van der Waals surface area contributed by atoms with Crippen LogP contribution in [0.2, 0.25) is 5.02 Å². The van der Waals surface area contributed by atoms with E-state index in [2.05, 4.69) is 22.6 Å². The number of ether oxygens (including phenoxy) is 1. The van der Waals surface area contributed by atoms with Gasteiger partial charge in [0.1, 0.15) is 5.75 Å². The van der Waals surface area contributed by atoms with Gasteiger partial charge in [-0.2, -0.15) is 0 Å². The Morgan fingerprint density at radius 1 is 1.00 bits per heavy atom. The SMILES string of the molecule is CC(C)Oc1ccc(C(Cl)c2ccc(I)c(Cl)c2)cc1. The molecular weight excluding hydrogens is 406 g/mol. The van der Waals surface area contributed by atoms with Crippen molar-refractivity contribution in [3.8, 4) is 5.75 Å². The minimum Gasteiger partial charge on any atom is -0.491 e. The van der Waals surface area contributed by atoms with Gasteiger partial charge in [0.15, 0.2) is 0 Å². The molecule has 0 N–H and O–H groups in total. The molecule has 0 bridgehead atoms. The van der Waals surface area contributed by atoms with Crippen LogP contribution in [-0.4, -0.2) is 6.10 Å². The summed E-state index contributed by atoms with van der Waals surface area (Å²) in [6.07, 6.45) is 0.169. The zero-order chi connectivity index (χ0) is 14.7. The van der Waals surface area contributed by atoms with Gasteiger partial charge >= 0.3 is 0 Å². The van der Waals surface area contributed by atoms with E-state index >= 15 is 0 Å². The molecule has 1 nitrogen and oxygen atoms in total. The zero-order valence-electron chi connectivity index (χ0n) is 11.2. The maximum absolute atomic E-state index is 6.51. The molecule has 0 amide bonds. The second kappa shape index (κ2) is 7.01. The lowest BCUT2D eigenvalue weighted by atomic mass is 10.0. The lowest BCUT2D eigenvalue weighted by Gasteiger charge is -2.13. The van der Waals surface area contributed by atoms with Gasteiger partial charge in [0, 0.05) is 3.57 Å². The lowest BCUT2D eigenvalue weighted by molar-refractivity contribution is 0.242. The Morgan fingerprint density at radius 3 is 2.15 bits per heavy atom. The summed E-state index contributed by atoms with van der Waals surface area (Å²) in [5.74, 6) is 0.855. The molecule has 4 heteroatoms. The Balaban J connectivity index is 2.20. The Kier molecular flexibility index (Phi) is 5.58. The normalized spacial score (nSPS) is 12.5. The molecule has 20 heavy (non-hydrogen) atoms. The predicted octanol–water partition coefficient (Wildman–Crippen LogP) is 6.06. The predicted molar refractivity (Wildman–Crippen MR) is 94.1 cm³/mol. The fourth-order valence-electron chi connectivity index (χ4n) is 1.85. The largest absolute Gasteiger partial charge is 0.491 e. The minimum atomic E-state index is -0.211. The zero-order valence-corrected chi connectivity index (χ0v) is 14.9. The molecule has 1 unspecified atom stereocenters. The van der Waals surface area contributed by atoms with Gasteiger partial charge in [0.25, 0.3) is 0 Å². The van der Waals surface area contributed by atoms with Gasteiger partial charge in [-0.3, -0.25) is 0 Å². The van der Waals surface area contributed by atoms with Crippen LogP contribution < -0.4 is 4.74 Å². The molecule has 0 fully saturated rings. The van der Waals surface area contributed by atoms with Crippen molar-refractivity contribution in [2.75, 3.05) is 0 Å². The summed E-state index contributed by atoms with van der Waals surface area (Å²) in [5, 5.41) is 0.520. The maximum Gasteiger partial charge on any atom is 0.119 e. The molecule has 0 heterocycles. The van der Waals surface area contributed by atoms with Crippen molar-refractivity contribution in [1.82, 2.24) is 0 Å². The Labute approximate surface area is 143 Å². The Morgan fingerprint density at radius 2 is 1.60 bits per heavy atom. The van der Waals surface area contributed by atoms with Crippen LogP contribution in [0.15, 0.2) is 42.5 Å². The highest BCUT2D eigenvalue weighted by atomic mass is 127. The van der Waals surface area contributed by atoms with Crippen LogP contribution in [-0.2, 0) is 0 Å². The first-order valence-electron chi connectivity index (χ1n) is 6.33. The third-order valence-corrected chi connectivity index (χ3v) is 4.86. The number of halogens is 3. The van der Waals surface area contributed by atoms with E-state index in [0.29, 0.717) is 0 Å². The third-order valence-electron chi connectivity index (χ3n) is 2.78. The first-order valence-corrected chi connectivity index (χ1v) is 8.22. The van der Waals surface area contributed by atoms with Gasteiger partial charge in [-0.1, -0.05) is 29.8 Å². The van der Waals surface area contributed by atoms with Crippen LogP contribution in [0.25, 0.3) is 0 Å². The van der Waals surface area contributed by atoms with E-state index in [-0.39, 0.29) is 11.5 Å². The highest BCUT2D eigenvalue weighted by Gasteiger charge is 2.12. The summed E-state index contributed by atoms with van der Waals surface area (Å²) in [7, 11) is 0. The smallest absolute Gasteiger partial charge is 0.119 e. The number of hydrogen-bond acceptors (Lipinski definition) is 1. The van der Waals surface area contributed by atoms with Crippen molar-refractivity contribution in [1.29, 1.82) is 0 Å². The summed E-state index contributed by atoms with van der Waals surface area (Å²) in [6, 6.07) is 13.8. The number of alkyl halides is 1. The average molecular weight is 421 g/mol. The topological polar surface area (TPSA) is 9.23 Å². The van der Waals surface area contributed by atoms with Crippen LogP contribution in [0, 0.1) is 3.57 Å². The van der Waals surface area contributed by atoms with Crippen molar-refractivity contribution in [2.45, 2.75) is 25.3 Å². The van der Waals surface area contributed by atoms with Crippen molar-refractivity contribution >= 4 is 45.8 Å². The fourth-order valence-corrected chi connectivity index (χ4v) is 2.66. The Hall–Kier alpha value is -0.450. The molecule has 2 rings (SSSR count). The highest BCUT2D eigenvalue weighted by molar-refractivity contribution is 14.1. The number of rotatable bonds is 4. The van der Waals surface area contributed by atoms with Crippen molar-refractivity contribution in [3.05, 3.63) is 62.2 Å². The molecule has 0 aliphatic carbocycles. The summed E-state index contributed by atoms with van der Waals surface area (Å²) in [6.45, 7) is 4.01. The van der Waals surface area contributed by atoms with Crippen LogP contribution in [0.3, 0.4) is 0 Å². The molecule has 0 radical (unpaired) electrons. The monoisotopic (exact) mass is 420 g/mol. The van der Waals surface area contributed by atoms with E-state index in [9.17, 15) is 0 Å². The van der Waals surface area contributed by atoms with E-state index in [1.165, 1.54) is 0 Å². The van der Waals surface area contributed by atoms with Gasteiger partial charge in [0.05, 0.1) is 16.5 Å². The molecule has 106 valence electrons. The quantitative estimate of drug-likeness (QED) is 0.431. The number of benzene rings is 2. The van der Waals surface area contributed by atoms with E-state index < -0.39 is 0 Å². The van der Waals surface area contributed by atoms with E-state index in [0.717, 1.165) is 25.5 Å². The van der Waals surface area contributed by atoms with Crippen LogP contribution in [0.5, 0.6) is 5.75 Å². The third kappa shape index (κ3) is 4.03. The van der Waals surface area contributed by atoms with Gasteiger partial charge < -0.3 is 4.74 Å². The van der Waals surface area contributed by atoms with Gasteiger partial charge in [-0.25, -0.2) is 0 Å². The molecule has 1 atom stereocenters. The Bertz CT molecular complexity index is 582. The van der Waals surface area contributed by atoms with Gasteiger partial charge in [-0.05, 0) is 71.8 Å². The van der Waals surface area contributed by atoms with Crippen molar-refractivity contribution in [3.63, 3.8) is 0 Å². The second-order valence-corrected chi connectivity index (χ2v) is 6.78. The van der Waals surface area contributed by atoms with E-state index in [1.807, 2.05) is 56.3 Å². The molecule has 2 aromatic carbocycles. The van der Waals surface area contributed by atoms with Crippen LogP contribution >= 0.6 is 45.8 Å². The number of hydrogen-bond donors (Lipinski definition) is 0. The van der Waals surface area contributed by atoms with Crippen LogP contribution in [0.4, 0.5) is 0 Å². The lowest BCUT2D eigenvalue weighted by Crippen LogP contribution is -2.05. The summed E-state index contributed by atoms with van der Waals surface area (Å²) >= 11 is 14.9. The van der Waals surface area contributed by atoms with Crippen molar-refractivity contribution < 1.29 is 4.74 Å². The van der Waals surface area contributed by atoms with Gasteiger partial charge in [0.2, 0.25) is 0 Å². The fraction of sp³-hybridized carbons (Fsp3) is 0.250. The van der Waals surface area contributed by atoms with Crippen molar-refractivity contribution in [2.24, 2.45) is 0 Å². The molecule has 0 aliphatic rings. The van der Waals surface area contributed by atoms with Crippen LogP contribution in [0.1, 0.15) is 30.4 Å². The summed E-state index contributed by atoms with van der Waals surface area (Å²) in [5.41, 5.74) is 2.02. The highest BCUT2D eigenvalue weighted by Crippen LogP contribution is 2.32. The molecule has 0 aromatic heterocycles. The standard InChI is InChI=1S/C16H15Cl2IO/c1-10(2)20-13-6-3-11(4-7-13)16(18)12-5-8-15(19)14(17)9-12/h3-10,16H,1-2H3. The molecule has 0 spiro atoms. The van der Waals surface area contributed by atoms with E-state index in [4.69, 9.17) is 27.9 Å². The minimum absolute atomic E-state index is 0.169. The first kappa shape index (κ1) is 15.9. The maximum atomic E-state index is 6.51. The first-order chi connectivity index (χ1) is 9.47. The molecular formula is C16H15Cl2IO. The van der Waals surface area contributed by atoms with Gasteiger partial charge in [-0.15, -0.1) is 11.6 Å². The molecule has 0 saturated heterocycles. The molecule has 0 saturated carbocycles. The average Bonchev–Trinajstić information content (AvgIpc) is 2.41.